The van der Waals surface area contributed by atoms with Gasteiger partial charge in [-0.3, -0.25) is 0 Å². The molecule has 0 spiro atoms. The maximum Gasteiger partial charge on any atom is 0.0858 e. The normalized spacial score (nSPS) is 29.2. The summed E-state index contributed by atoms with van der Waals surface area (Å²) in [6.45, 7) is 0.927. The Labute approximate surface area is 98.1 Å². The summed E-state index contributed by atoms with van der Waals surface area (Å²) in [7, 11) is 1.71. The van der Waals surface area contributed by atoms with Gasteiger partial charge in [0.05, 0.1) is 18.3 Å². The minimum absolute atomic E-state index is 0.0736. The van der Waals surface area contributed by atoms with E-state index >= 15 is 0 Å². The van der Waals surface area contributed by atoms with Gasteiger partial charge in [0.15, 0.2) is 0 Å². The van der Waals surface area contributed by atoms with Crippen molar-refractivity contribution in [1.82, 2.24) is 0 Å². The number of methoxy groups -OCH3 is 1. The molecule has 1 saturated heterocycles. The summed E-state index contributed by atoms with van der Waals surface area (Å²) < 4.78 is 10.9. The van der Waals surface area contributed by atoms with Gasteiger partial charge in [-0.15, -0.1) is 0 Å². The van der Waals surface area contributed by atoms with Crippen molar-refractivity contribution in [3.8, 4) is 0 Å². The van der Waals surface area contributed by atoms with Crippen LogP contribution < -0.4 is 0 Å². The highest BCUT2D eigenvalue weighted by atomic mass is 16.5. The third-order valence-corrected chi connectivity index (χ3v) is 3.79. The molecule has 2 rings (SSSR count). The molecule has 0 bridgehead atoms. The van der Waals surface area contributed by atoms with Gasteiger partial charge in [0.25, 0.3) is 0 Å². The first-order valence-corrected chi connectivity index (χ1v) is 6.63. The summed E-state index contributed by atoms with van der Waals surface area (Å²) in [5.74, 6) is 0.614. The Hall–Kier alpha value is -0.120. The average molecular weight is 228 g/mol. The van der Waals surface area contributed by atoms with Crippen LogP contribution in [0.5, 0.6) is 0 Å². The van der Waals surface area contributed by atoms with E-state index in [0.717, 1.165) is 25.9 Å². The van der Waals surface area contributed by atoms with Crippen LogP contribution in [0.2, 0.25) is 0 Å². The van der Waals surface area contributed by atoms with Crippen molar-refractivity contribution >= 4 is 0 Å². The zero-order valence-corrected chi connectivity index (χ0v) is 10.2. The molecule has 2 aliphatic rings. The van der Waals surface area contributed by atoms with Crippen LogP contribution in [0.15, 0.2) is 0 Å². The van der Waals surface area contributed by atoms with Crippen molar-refractivity contribution in [2.75, 3.05) is 13.7 Å². The van der Waals surface area contributed by atoms with Crippen LogP contribution in [0.4, 0.5) is 0 Å². The summed E-state index contributed by atoms with van der Waals surface area (Å²) in [6, 6.07) is 0. The second-order valence-corrected chi connectivity index (χ2v) is 5.17. The molecule has 0 aromatic rings. The highest BCUT2D eigenvalue weighted by Gasteiger charge is 2.35. The molecule has 1 saturated carbocycles. The average Bonchev–Trinajstić information content (AvgIpc) is 2.96. The molecular weight excluding hydrogens is 204 g/mol. The van der Waals surface area contributed by atoms with Crippen LogP contribution in [-0.4, -0.2) is 37.1 Å². The lowest BCUT2D eigenvalue weighted by Crippen LogP contribution is -2.30. The van der Waals surface area contributed by atoms with Gasteiger partial charge in [-0.2, -0.15) is 0 Å². The first-order valence-electron chi connectivity index (χ1n) is 6.63. The molecule has 1 aliphatic carbocycles. The predicted octanol–water partition coefficient (Wildman–Crippen LogP) is 2.12. The van der Waals surface area contributed by atoms with Crippen LogP contribution in [-0.2, 0) is 9.47 Å². The molecule has 16 heavy (non-hydrogen) atoms. The molecule has 0 radical (unpaired) electrons. The van der Waals surface area contributed by atoms with Crippen molar-refractivity contribution < 1.29 is 14.6 Å². The van der Waals surface area contributed by atoms with Crippen LogP contribution in [0.3, 0.4) is 0 Å². The Morgan fingerprint density at radius 2 is 2.19 bits per heavy atom. The first kappa shape index (κ1) is 12.3. The molecule has 3 nitrogen and oxygen atoms in total. The van der Waals surface area contributed by atoms with Crippen LogP contribution in [0, 0.1) is 5.92 Å². The maximum absolute atomic E-state index is 10.0. The fraction of sp³-hybridized carbons (Fsp3) is 1.00. The second-order valence-electron chi connectivity index (χ2n) is 5.17. The molecule has 2 fully saturated rings. The summed E-state index contributed by atoms with van der Waals surface area (Å²) in [5.41, 5.74) is 0. The molecule has 3 unspecified atom stereocenters. The van der Waals surface area contributed by atoms with E-state index in [0.29, 0.717) is 12.0 Å². The van der Waals surface area contributed by atoms with Crippen molar-refractivity contribution in [2.24, 2.45) is 5.92 Å². The standard InChI is InChI=1S/C13H24O3/c1-15-13(10-7-8-10)12(14)6-2-4-11-5-3-9-16-11/h10-14H,2-9H2,1H3. The molecule has 3 heteroatoms. The molecule has 0 aromatic carbocycles. The zero-order chi connectivity index (χ0) is 11.4. The largest absolute Gasteiger partial charge is 0.390 e. The Morgan fingerprint density at radius 3 is 2.75 bits per heavy atom. The predicted molar refractivity (Wildman–Crippen MR) is 62.4 cm³/mol. The third kappa shape index (κ3) is 3.44. The summed E-state index contributed by atoms with van der Waals surface area (Å²) in [6.07, 6.45) is 8.11. The van der Waals surface area contributed by atoms with E-state index in [4.69, 9.17) is 9.47 Å². The van der Waals surface area contributed by atoms with E-state index < -0.39 is 0 Å². The van der Waals surface area contributed by atoms with Crippen molar-refractivity contribution in [3.63, 3.8) is 0 Å². The minimum atomic E-state index is -0.279. The summed E-state index contributed by atoms with van der Waals surface area (Å²) >= 11 is 0. The molecule has 0 aromatic heterocycles. The fourth-order valence-electron chi connectivity index (χ4n) is 2.68. The number of rotatable bonds is 7. The lowest BCUT2D eigenvalue weighted by molar-refractivity contribution is -0.0302. The van der Waals surface area contributed by atoms with E-state index in [1.54, 1.807) is 7.11 Å². The zero-order valence-electron chi connectivity index (χ0n) is 10.2. The SMILES string of the molecule is COC(C(O)CCCC1CCCO1)C1CC1. The topological polar surface area (TPSA) is 38.7 Å². The maximum atomic E-state index is 10.0. The Kier molecular flexibility index (Phi) is 4.62. The van der Waals surface area contributed by atoms with E-state index in [-0.39, 0.29) is 12.2 Å². The van der Waals surface area contributed by atoms with Crippen molar-refractivity contribution in [2.45, 2.75) is 63.3 Å². The number of aliphatic hydroxyl groups excluding tert-OH is 1. The number of hydrogen-bond acceptors (Lipinski definition) is 3. The lowest BCUT2D eigenvalue weighted by Gasteiger charge is -2.21. The highest BCUT2D eigenvalue weighted by molar-refractivity contribution is 4.86. The Bertz CT molecular complexity index is 197. The number of ether oxygens (including phenoxy) is 2. The van der Waals surface area contributed by atoms with Crippen LogP contribution in [0.25, 0.3) is 0 Å². The monoisotopic (exact) mass is 228 g/mol. The molecule has 3 atom stereocenters. The first-order chi connectivity index (χ1) is 7.81. The molecular formula is C13H24O3. The third-order valence-electron chi connectivity index (χ3n) is 3.79. The Morgan fingerprint density at radius 1 is 1.38 bits per heavy atom. The quantitative estimate of drug-likeness (QED) is 0.725. The van der Waals surface area contributed by atoms with Gasteiger partial charge in [-0.1, -0.05) is 0 Å². The molecule has 1 aliphatic heterocycles. The van der Waals surface area contributed by atoms with E-state index in [1.807, 2.05) is 0 Å². The van der Waals surface area contributed by atoms with Gasteiger partial charge in [-0.25, -0.2) is 0 Å². The van der Waals surface area contributed by atoms with Crippen molar-refractivity contribution in [1.29, 1.82) is 0 Å². The smallest absolute Gasteiger partial charge is 0.0858 e. The lowest BCUT2D eigenvalue weighted by atomic mass is 10.0. The molecule has 94 valence electrons. The highest BCUT2D eigenvalue weighted by Crippen LogP contribution is 2.36. The number of hydrogen-bond donors (Lipinski definition) is 1. The molecule has 1 N–H and O–H groups in total. The van der Waals surface area contributed by atoms with E-state index in [1.165, 1.54) is 25.7 Å². The molecule has 0 amide bonds. The Balaban J connectivity index is 1.60. The summed E-state index contributed by atoms with van der Waals surface area (Å²) in [5, 5.41) is 10.0. The van der Waals surface area contributed by atoms with Gasteiger partial charge >= 0.3 is 0 Å². The number of aliphatic hydroxyl groups is 1. The van der Waals surface area contributed by atoms with Gasteiger partial charge < -0.3 is 14.6 Å². The minimum Gasteiger partial charge on any atom is -0.390 e. The van der Waals surface area contributed by atoms with Crippen LogP contribution in [0.1, 0.15) is 44.9 Å². The van der Waals surface area contributed by atoms with Gasteiger partial charge in [0.2, 0.25) is 0 Å². The van der Waals surface area contributed by atoms with Crippen molar-refractivity contribution in [3.05, 3.63) is 0 Å². The molecule has 1 heterocycles. The fourth-order valence-corrected chi connectivity index (χ4v) is 2.68. The van der Waals surface area contributed by atoms with E-state index in [9.17, 15) is 5.11 Å². The van der Waals surface area contributed by atoms with Crippen LogP contribution >= 0.6 is 0 Å². The second kappa shape index (κ2) is 5.99. The van der Waals surface area contributed by atoms with Gasteiger partial charge in [-0.05, 0) is 50.9 Å². The van der Waals surface area contributed by atoms with Gasteiger partial charge in [0, 0.05) is 13.7 Å². The van der Waals surface area contributed by atoms with E-state index in [2.05, 4.69) is 0 Å². The van der Waals surface area contributed by atoms with Gasteiger partial charge in [0.1, 0.15) is 0 Å². The summed E-state index contributed by atoms with van der Waals surface area (Å²) in [4.78, 5) is 0.